The van der Waals surface area contributed by atoms with Gasteiger partial charge in [-0.2, -0.15) is 0 Å². The van der Waals surface area contributed by atoms with E-state index in [0.29, 0.717) is 5.92 Å². The van der Waals surface area contributed by atoms with Crippen molar-refractivity contribution in [3.05, 3.63) is 0 Å². The molecule has 0 aliphatic carbocycles. The Kier molecular flexibility index (Phi) is 7.25. The van der Waals surface area contributed by atoms with Crippen LogP contribution in [0.3, 0.4) is 0 Å². The first-order chi connectivity index (χ1) is 9.10. The van der Waals surface area contributed by atoms with Gasteiger partial charge in [-0.05, 0) is 25.7 Å². The van der Waals surface area contributed by atoms with Crippen molar-refractivity contribution in [1.29, 1.82) is 0 Å². The third kappa shape index (κ3) is 4.13. The zero-order chi connectivity index (χ0) is 14.3. The van der Waals surface area contributed by atoms with E-state index in [9.17, 15) is 0 Å². The summed E-state index contributed by atoms with van der Waals surface area (Å²) in [6.07, 6.45) is 2.09. The van der Waals surface area contributed by atoms with Gasteiger partial charge in [-0.15, -0.1) is 0 Å². The summed E-state index contributed by atoms with van der Waals surface area (Å²) in [7, 11) is 1.75. The summed E-state index contributed by atoms with van der Waals surface area (Å²) in [6.45, 7) is 11.2. The lowest BCUT2D eigenvalue weighted by molar-refractivity contribution is -0.0417. The van der Waals surface area contributed by atoms with Gasteiger partial charge in [0.1, 0.15) is 0 Å². The number of rotatable bonds is 8. The summed E-state index contributed by atoms with van der Waals surface area (Å²) < 4.78 is 10.7. The van der Waals surface area contributed by atoms with Crippen LogP contribution in [0.25, 0.3) is 0 Å². The first-order valence-electron chi connectivity index (χ1n) is 7.38. The van der Waals surface area contributed by atoms with Crippen LogP contribution < -0.4 is 11.3 Å². The summed E-state index contributed by atoms with van der Waals surface area (Å²) in [5.74, 6) is 6.34. The largest absolute Gasteiger partial charge is 0.385 e. The van der Waals surface area contributed by atoms with Crippen LogP contribution in [-0.4, -0.2) is 56.5 Å². The number of ether oxygens (including phenoxy) is 2. The fraction of sp³-hybridized carbons (Fsp3) is 1.00. The molecule has 1 saturated heterocycles. The molecule has 5 nitrogen and oxygen atoms in total. The average Bonchev–Trinajstić information content (AvgIpc) is 2.46. The predicted octanol–water partition coefficient (Wildman–Crippen LogP) is 0.992. The quantitative estimate of drug-likeness (QED) is 0.510. The molecule has 0 saturated carbocycles. The average molecular weight is 273 g/mol. The highest BCUT2D eigenvalue weighted by atomic mass is 16.5. The maximum atomic E-state index is 5.87. The van der Waals surface area contributed by atoms with Gasteiger partial charge in [0, 0.05) is 38.4 Å². The molecule has 0 spiro atoms. The minimum Gasteiger partial charge on any atom is -0.385 e. The third-order valence-corrected chi connectivity index (χ3v) is 4.65. The van der Waals surface area contributed by atoms with E-state index in [1.165, 1.54) is 0 Å². The van der Waals surface area contributed by atoms with Gasteiger partial charge in [-0.3, -0.25) is 16.2 Å². The molecule has 5 heteroatoms. The summed E-state index contributed by atoms with van der Waals surface area (Å²) in [6, 6.07) is 0.255. The minimum absolute atomic E-state index is 0.0612. The minimum atomic E-state index is 0.0612. The molecule has 0 aromatic carbocycles. The molecule has 0 aromatic rings. The van der Waals surface area contributed by atoms with Crippen molar-refractivity contribution >= 4 is 0 Å². The topological polar surface area (TPSA) is 59.8 Å². The van der Waals surface area contributed by atoms with Gasteiger partial charge >= 0.3 is 0 Å². The van der Waals surface area contributed by atoms with Gasteiger partial charge in [-0.25, -0.2) is 0 Å². The summed E-state index contributed by atoms with van der Waals surface area (Å²) in [5, 5.41) is 0. The van der Waals surface area contributed by atoms with E-state index in [0.717, 1.165) is 45.8 Å². The van der Waals surface area contributed by atoms with Crippen LogP contribution in [0.15, 0.2) is 0 Å². The van der Waals surface area contributed by atoms with Crippen molar-refractivity contribution in [3.8, 4) is 0 Å². The fourth-order valence-corrected chi connectivity index (χ4v) is 3.14. The smallest absolute Gasteiger partial charge is 0.0594 e. The van der Waals surface area contributed by atoms with Gasteiger partial charge in [0.15, 0.2) is 0 Å². The number of hydrazine groups is 1. The van der Waals surface area contributed by atoms with Gasteiger partial charge < -0.3 is 9.47 Å². The van der Waals surface area contributed by atoms with E-state index < -0.39 is 0 Å². The zero-order valence-electron chi connectivity index (χ0n) is 12.9. The van der Waals surface area contributed by atoms with Crippen molar-refractivity contribution in [3.63, 3.8) is 0 Å². The lowest BCUT2D eigenvalue weighted by atomic mass is 9.79. The standard InChI is InChI=1S/C14H31N3O2/c1-5-14(3,17-7-10-19-11-8-17)13(16-15)12(2)6-9-18-4/h12-13,16H,5-11,15H2,1-4H3. The third-order valence-electron chi connectivity index (χ3n) is 4.65. The first-order valence-corrected chi connectivity index (χ1v) is 7.38. The molecule has 3 unspecified atom stereocenters. The van der Waals surface area contributed by atoms with Crippen molar-refractivity contribution in [2.75, 3.05) is 40.0 Å². The Morgan fingerprint density at radius 1 is 1.42 bits per heavy atom. The van der Waals surface area contributed by atoms with E-state index in [-0.39, 0.29) is 11.6 Å². The molecule has 1 aliphatic heterocycles. The van der Waals surface area contributed by atoms with Crippen molar-refractivity contribution in [2.24, 2.45) is 11.8 Å². The molecule has 0 bridgehead atoms. The molecule has 1 heterocycles. The number of nitrogens with two attached hydrogens (primary N) is 1. The fourth-order valence-electron chi connectivity index (χ4n) is 3.14. The lowest BCUT2D eigenvalue weighted by Gasteiger charge is -2.49. The van der Waals surface area contributed by atoms with Crippen LogP contribution in [0.4, 0.5) is 0 Å². The van der Waals surface area contributed by atoms with Crippen LogP contribution >= 0.6 is 0 Å². The second-order valence-electron chi connectivity index (χ2n) is 5.71. The number of hydrogen-bond donors (Lipinski definition) is 2. The Balaban J connectivity index is 2.76. The molecule has 114 valence electrons. The molecule has 3 N–H and O–H groups in total. The number of nitrogens with zero attached hydrogens (tertiary/aromatic N) is 1. The highest BCUT2D eigenvalue weighted by Crippen LogP contribution is 2.29. The number of nitrogens with one attached hydrogen (secondary N) is 1. The van der Waals surface area contributed by atoms with Gasteiger partial charge in [0.2, 0.25) is 0 Å². The van der Waals surface area contributed by atoms with E-state index in [4.69, 9.17) is 15.3 Å². The van der Waals surface area contributed by atoms with Crippen LogP contribution in [0.2, 0.25) is 0 Å². The molecule has 3 atom stereocenters. The summed E-state index contributed by atoms with van der Waals surface area (Å²) in [4.78, 5) is 2.52. The van der Waals surface area contributed by atoms with Gasteiger partial charge in [0.05, 0.1) is 13.2 Å². The maximum absolute atomic E-state index is 5.87. The number of morpholine rings is 1. The summed E-state index contributed by atoms with van der Waals surface area (Å²) >= 11 is 0. The predicted molar refractivity (Wildman–Crippen MR) is 77.9 cm³/mol. The number of methoxy groups -OCH3 is 1. The van der Waals surface area contributed by atoms with Crippen LogP contribution in [0.5, 0.6) is 0 Å². The molecule has 0 aromatic heterocycles. The Morgan fingerprint density at radius 2 is 2.05 bits per heavy atom. The Morgan fingerprint density at radius 3 is 2.53 bits per heavy atom. The highest BCUT2D eigenvalue weighted by Gasteiger charge is 2.40. The van der Waals surface area contributed by atoms with E-state index in [1.54, 1.807) is 7.11 Å². The zero-order valence-corrected chi connectivity index (χ0v) is 12.9. The normalized spacial score (nSPS) is 23.8. The van der Waals surface area contributed by atoms with Gasteiger partial charge in [0.25, 0.3) is 0 Å². The second-order valence-corrected chi connectivity index (χ2v) is 5.71. The van der Waals surface area contributed by atoms with E-state index >= 15 is 0 Å². The van der Waals surface area contributed by atoms with Crippen molar-refractivity contribution in [1.82, 2.24) is 10.3 Å². The molecule has 1 rings (SSSR count). The Bertz CT molecular complexity index is 247. The maximum Gasteiger partial charge on any atom is 0.0594 e. The molecule has 19 heavy (non-hydrogen) atoms. The SMILES string of the molecule is CCC(C)(C(NN)C(C)CCOC)N1CCOCC1. The second kappa shape index (κ2) is 8.17. The molecule has 1 aliphatic rings. The van der Waals surface area contributed by atoms with E-state index in [1.807, 2.05) is 0 Å². The van der Waals surface area contributed by atoms with Crippen molar-refractivity contribution < 1.29 is 9.47 Å². The molecule has 0 radical (unpaired) electrons. The monoisotopic (exact) mass is 273 g/mol. The van der Waals surface area contributed by atoms with Crippen LogP contribution in [-0.2, 0) is 9.47 Å². The molecular formula is C14H31N3O2. The van der Waals surface area contributed by atoms with E-state index in [2.05, 4.69) is 31.1 Å². The van der Waals surface area contributed by atoms with Gasteiger partial charge in [-0.1, -0.05) is 13.8 Å². The van der Waals surface area contributed by atoms with Crippen LogP contribution in [0, 0.1) is 5.92 Å². The summed E-state index contributed by atoms with van der Waals surface area (Å²) in [5.41, 5.74) is 3.12. The first kappa shape index (κ1) is 16.9. The highest BCUT2D eigenvalue weighted by molar-refractivity contribution is 4.98. The Labute approximate surface area is 117 Å². The lowest BCUT2D eigenvalue weighted by Crippen LogP contribution is -2.65. The molecule has 1 fully saturated rings. The Hall–Kier alpha value is -0.200. The number of hydrogen-bond acceptors (Lipinski definition) is 5. The van der Waals surface area contributed by atoms with Crippen LogP contribution in [0.1, 0.15) is 33.6 Å². The molecule has 0 amide bonds. The van der Waals surface area contributed by atoms with Crippen molar-refractivity contribution in [2.45, 2.75) is 45.2 Å². The molecular weight excluding hydrogens is 242 g/mol.